The van der Waals surface area contributed by atoms with E-state index >= 15 is 0 Å². The summed E-state index contributed by atoms with van der Waals surface area (Å²) in [5.74, 6) is 1.33. The van der Waals surface area contributed by atoms with Crippen LogP contribution in [-0.4, -0.2) is 18.0 Å². The van der Waals surface area contributed by atoms with E-state index in [9.17, 15) is 4.79 Å². The van der Waals surface area contributed by atoms with E-state index in [1.54, 1.807) is 13.2 Å². The molecule has 5 nitrogen and oxygen atoms in total. The molecule has 5 heteroatoms. The van der Waals surface area contributed by atoms with E-state index in [4.69, 9.17) is 9.15 Å². The minimum absolute atomic E-state index is 0.00161. The number of hydrogen-bond donors (Lipinski definition) is 1. The number of aromatic nitrogens is 1. The van der Waals surface area contributed by atoms with E-state index in [1.165, 1.54) is 0 Å². The molecular weight excluding hydrogens is 292 g/mol. The second kappa shape index (κ2) is 6.52. The fraction of sp³-hybridized carbons (Fsp3) is 0.222. The summed E-state index contributed by atoms with van der Waals surface area (Å²) in [6.07, 6.45) is 1.32. The van der Waals surface area contributed by atoms with E-state index < -0.39 is 0 Å². The van der Waals surface area contributed by atoms with Crippen molar-refractivity contribution in [3.05, 3.63) is 42.5 Å². The number of amides is 1. The molecule has 0 aliphatic heterocycles. The summed E-state index contributed by atoms with van der Waals surface area (Å²) in [7, 11) is 1.63. The monoisotopic (exact) mass is 310 g/mol. The second-order valence-corrected chi connectivity index (χ2v) is 5.23. The van der Waals surface area contributed by atoms with Gasteiger partial charge in [0, 0.05) is 23.7 Å². The lowest BCUT2D eigenvalue weighted by Gasteiger charge is -2.02. The smallest absolute Gasteiger partial charge is 0.227 e. The molecule has 0 aliphatic rings. The maximum atomic E-state index is 11.7. The van der Waals surface area contributed by atoms with Gasteiger partial charge in [-0.05, 0) is 42.8 Å². The van der Waals surface area contributed by atoms with Gasteiger partial charge in [0.15, 0.2) is 5.58 Å². The fourth-order valence-electron chi connectivity index (χ4n) is 2.31. The molecule has 0 aliphatic carbocycles. The van der Waals surface area contributed by atoms with Gasteiger partial charge in [0.05, 0.1) is 7.11 Å². The Morgan fingerprint density at radius 1 is 1.22 bits per heavy atom. The summed E-state index contributed by atoms with van der Waals surface area (Å²) in [5.41, 5.74) is 2.99. The quantitative estimate of drug-likeness (QED) is 0.765. The van der Waals surface area contributed by atoms with E-state index in [0.717, 1.165) is 23.3 Å². The van der Waals surface area contributed by atoms with Crippen LogP contribution in [0.3, 0.4) is 0 Å². The molecule has 3 aromatic rings. The molecule has 0 radical (unpaired) electrons. The molecule has 0 saturated carbocycles. The second-order valence-electron chi connectivity index (χ2n) is 5.23. The van der Waals surface area contributed by atoms with E-state index in [-0.39, 0.29) is 5.91 Å². The van der Waals surface area contributed by atoms with Crippen LogP contribution in [0, 0.1) is 0 Å². The van der Waals surface area contributed by atoms with Crippen molar-refractivity contribution in [2.24, 2.45) is 0 Å². The Morgan fingerprint density at radius 3 is 2.70 bits per heavy atom. The first-order valence-electron chi connectivity index (χ1n) is 7.54. The van der Waals surface area contributed by atoms with Crippen LogP contribution in [-0.2, 0) is 4.79 Å². The van der Waals surface area contributed by atoms with Crippen molar-refractivity contribution < 1.29 is 13.9 Å². The number of rotatable bonds is 5. The van der Waals surface area contributed by atoms with Crippen molar-refractivity contribution in [1.82, 2.24) is 4.98 Å². The Balaban J connectivity index is 1.87. The first-order valence-corrected chi connectivity index (χ1v) is 7.54. The van der Waals surface area contributed by atoms with Crippen molar-refractivity contribution >= 4 is 22.7 Å². The van der Waals surface area contributed by atoms with Gasteiger partial charge in [0.25, 0.3) is 0 Å². The van der Waals surface area contributed by atoms with Crippen LogP contribution >= 0.6 is 0 Å². The van der Waals surface area contributed by atoms with Gasteiger partial charge in [-0.25, -0.2) is 4.98 Å². The number of carbonyl (C=O) groups excluding carboxylic acids is 1. The summed E-state index contributed by atoms with van der Waals surface area (Å²) >= 11 is 0. The Kier molecular flexibility index (Phi) is 4.28. The number of anilines is 1. The first kappa shape index (κ1) is 15.1. The Hall–Kier alpha value is -2.82. The lowest BCUT2D eigenvalue weighted by molar-refractivity contribution is -0.116. The van der Waals surface area contributed by atoms with Gasteiger partial charge >= 0.3 is 0 Å². The number of nitrogens with zero attached hydrogens (tertiary/aromatic N) is 1. The van der Waals surface area contributed by atoms with Gasteiger partial charge < -0.3 is 14.5 Å². The summed E-state index contributed by atoms with van der Waals surface area (Å²) < 4.78 is 11.0. The molecular formula is C18H18N2O3. The number of carbonyl (C=O) groups is 1. The lowest BCUT2D eigenvalue weighted by Crippen LogP contribution is -2.10. The van der Waals surface area contributed by atoms with Gasteiger partial charge in [0.2, 0.25) is 11.8 Å². The molecule has 0 saturated heterocycles. The standard InChI is InChI=1S/C18H18N2O3/c1-3-4-17(21)19-13-7-10-15-16(11-13)23-18(20-15)12-5-8-14(22-2)9-6-12/h5-11H,3-4H2,1-2H3,(H,19,21). The van der Waals surface area contributed by atoms with Gasteiger partial charge in [-0.2, -0.15) is 0 Å². The van der Waals surface area contributed by atoms with Gasteiger partial charge in [0.1, 0.15) is 11.3 Å². The van der Waals surface area contributed by atoms with Crippen molar-refractivity contribution in [2.45, 2.75) is 19.8 Å². The van der Waals surface area contributed by atoms with E-state index in [1.807, 2.05) is 43.3 Å². The number of nitrogens with one attached hydrogen (secondary N) is 1. The van der Waals surface area contributed by atoms with Crippen molar-refractivity contribution in [2.75, 3.05) is 12.4 Å². The average molecular weight is 310 g/mol. The normalized spacial score (nSPS) is 10.7. The minimum atomic E-state index is 0.00161. The zero-order valence-corrected chi connectivity index (χ0v) is 13.1. The SMILES string of the molecule is CCCC(=O)Nc1ccc2nc(-c3ccc(OC)cc3)oc2c1. The summed E-state index contributed by atoms with van der Waals surface area (Å²) in [5, 5.41) is 2.86. The average Bonchev–Trinajstić information content (AvgIpc) is 2.98. The lowest BCUT2D eigenvalue weighted by atomic mass is 10.2. The minimum Gasteiger partial charge on any atom is -0.497 e. The molecule has 118 valence electrons. The third kappa shape index (κ3) is 3.34. The number of benzene rings is 2. The van der Waals surface area contributed by atoms with Gasteiger partial charge in [-0.3, -0.25) is 4.79 Å². The topological polar surface area (TPSA) is 64.4 Å². The predicted octanol–water partition coefficient (Wildman–Crippen LogP) is 4.24. The number of methoxy groups -OCH3 is 1. The zero-order valence-electron chi connectivity index (χ0n) is 13.1. The molecule has 2 aromatic carbocycles. The molecule has 1 amide bonds. The van der Waals surface area contributed by atoms with Crippen LogP contribution in [0.25, 0.3) is 22.6 Å². The third-order valence-corrected chi connectivity index (χ3v) is 3.49. The maximum Gasteiger partial charge on any atom is 0.227 e. The van der Waals surface area contributed by atoms with Crippen LogP contribution in [0.5, 0.6) is 5.75 Å². The first-order chi connectivity index (χ1) is 11.2. The Labute approximate surface area is 134 Å². The Morgan fingerprint density at radius 2 is 2.00 bits per heavy atom. The maximum absolute atomic E-state index is 11.7. The Bertz CT molecular complexity index is 822. The van der Waals surface area contributed by atoms with Crippen molar-refractivity contribution in [3.8, 4) is 17.2 Å². The molecule has 1 heterocycles. The summed E-state index contributed by atoms with van der Waals surface area (Å²) in [6.45, 7) is 1.97. The van der Waals surface area contributed by atoms with Crippen molar-refractivity contribution in [3.63, 3.8) is 0 Å². The highest BCUT2D eigenvalue weighted by Gasteiger charge is 2.10. The van der Waals surface area contributed by atoms with Crippen LogP contribution < -0.4 is 10.1 Å². The number of hydrogen-bond acceptors (Lipinski definition) is 4. The fourth-order valence-corrected chi connectivity index (χ4v) is 2.31. The predicted molar refractivity (Wildman–Crippen MR) is 89.5 cm³/mol. The molecule has 0 unspecified atom stereocenters. The van der Waals surface area contributed by atoms with E-state index in [0.29, 0.717) is 23.6 Å². The van der Waals surface area contributed by atoms with Crippen LogP contribution in [0.15, 0.2) is 46.9 Å². The molecule has 0 spiro atoms. The van der Waals surface area contributed by atoms with Crippen molar-refractivity contribution in [1.29, 1.82) is 0 Å². The zero-order chi connectivity index (χ0) is 16.2. The van der Waals surface area contributed by atoms with Gasteiger partial charge in [-0.1, -0.05) is 6.92 Å². The molecule has 0 fully saturated rings. The highest BCUT2D eigenvalue weighted by atomic mass is 16.5. The number of fused-ring (bicyclic) bond motifs is 1. The molecule has 0 bridgehead atoms. The van der Waals surface area contributed by atoms with Crippen LogP contribution in [0.2, 0.25) is 0 Å². The summed E-state index contributed by atoms with van der Waals surface area (Å²) in [6, 6.07) is 13.0. The van der Waals surface area contributed by atoms with Crippen LogP contribution in [0.4, 0.5) is 5.69 Å². The van der Waals surface area contributed by atoms with E-state index in [2.05, 4.69) is 10.3 Å². The van der Waals surface area contributed by atoms with Gasteiger partial charge in [-0.15, -0.1) is 0 Å². The molecule has 23 heavy (non-hydrogen) atoms. The number of oxazole rings is 1. The highest BCUT2D eigenvalue weighted by molar-refractivity contribution is 5.92. The molecule has 3 rings (SSSR count). The molecule has 0 atom stereocenters. The highest BCUT2D eigenvalue weighted by Crippen LogP contribution is 2.27. The number of ether oxygens (including phenoxy) is 1. The largest absolute Gasteiger partial charge is 0.497 e. The molecule has 1 aromatic heterocycles. The third-order valence-electron chi connectivity index (χ3n) is 3.49. The molecule has 1 N–H and O–H groups in total. The summed E-state index contributed by atoms with van der Waals surface area (Å²) in [4.78, 5) is 16.1. The van der Waals surface area contributed by atoms with Crippen LogP contribution in [0.1, 0.15) is 19.8 Å².